The fraction of sp³-hybridized carbons (Fsp3) is 0.412. The van der Waals surface area contributed by atoms with E-state index >= 15 is 0 Å². The van der Waals surface area contributed by atoms with Crippen molar-refractivity contribution in [2.75, 3.05) is 11.1 Å². The molecular weight excluding hydrogens is 294 g/mol. The predicted octanol–water partition coefficient (Wildman–Crippen LogP) is 4.03. The van der Waals surface area contributed by atoms with Crippen molar-refractivity contribution in [3.8, 4) is 0 Å². The Balaban J connectivity index is 1.80. The molecule has 0 saturated heterocycles. The van der Waals surface area contributed by atoms with Crippen LogP contribution in [0.15, 0.2) is 35.4 Å². The van der Waals surface area contributed by atoms with E-state index in [1.807, 2.05) is 10.7 Å². The van der Waals surface area contributed by atoms with Crippen LogP contribution in [0.4, 0.5) is 5.82 Å². The molecule has 2 rings (SSSR count). The van der Waals surface area contributed by atoms with Gasteiger partial charge in [0, 0.05) is 29.7 Å². The highest BCUT2D eigenvalue weighted by molar-refractivity contribution is 7.99. The molecule has 5 heteroatoms. The Labute approximate surface area is 136 Å². The van der Waals surface area contributed by atoms with E-state index in [1.54, 1.807) is 18.0 Å². The first-order chi connectivity index (χ1) is 10.6. The van der Waals surface area contributed by atoms with E-state index in [0.717, 1.165) is 24.5 Å². The Morgan fingerprint density at radius 1 is 1.27 bits per heavy atom. The summed E-state index contributed by atoms with van der Waals surface area (Å²) in [5, 5.41) is 7.13. The zero-order valence-electron chi connectivity index (χ0n) is 13.4. The van der Waals surface area contributed by atoms with Crippen LogP contribution in [0.25, 0.3) is 0 Å². The minimum Gasteiger partial charge on any atom is -0.311 e. The van der Waals surface area contributed by atoms with Gasteiger partial charge in [-0.3, -0.25) is 4.79 Å². The number of benzene rings is 1. The lowest BCUT2D eigenvalue weighted by molar-refractivity contribution is -0.115. The number of aromatic nitrogens is 2. The smallest absolute Gasteiger partial charge is 0.226 e. The first-order valence-corrected chi connectivity index (χ1v) is 8.60. The molecule has 0 radical (unpaired) electrons. The molecule has 0 fully saturated rings. The van der Waals surface area contributed by atoms with Crippen LogP contribution in [-0.4, -0.2) is 21.4 Å². The van der Waals surface area contributed by atoms with Crippen LogP contribution in [-0.2, 0) is 11.3 Å². The standard InChI is InChI=1S/C17H23N3OS/c1-4-10-20-16(7-9-18-20)19-17(21)8-11-22-15-6-5-13(2)14(3)12-15/h5-7,9,12H,4,8,10-11H2,1-3H3,(H,19,21). The van der Waals surface area contributed by atoms with Crippen molar-refractivity contribution >= 4 is 23.5 Å². The van der Waals surface area contributed by atoms with E-state index in [4.69, 9.17) is 0 Å². The molecule has 118 valence electrons. The number of carbonyl (C=O) groups is 1. The molecule has 0 aliphatic carbocycles. The third-order valence-electron chi connectivity index (χ3n) is 3.50. The molecular formula is C17H23N3OS. The molecule has 1 N–H and O–H groups in total. The zero-order chi connectivity index (χ0) is 15.9. The highest BCUT2D eigenvalue weighted by Crippen LogP contribution is 2.21. The minimum atomic E-state index is 0.0363. The number of thioether (sulfide) groups is 1. The summed E-state index contributed by atoms with van der Waals surface area (Å²) in [6, 6.07) is 8.25. The number of carbonyl (C=O) groups excluding carboxylic acids is 1. The topological polar surface area (TPSA) is 46.9 Å². The molecule has 1 aromatic carbocycles. The molecule has 1 heterocycles. The molecule has 0 unspecified atom stereocenters. The van der Waals surface area contributed by atoms with Crippen LogP contribution in [0.1, 0.15) is 30.9 Å². The van der Waals surface area contributed by atoms with E-state index in [9.17, 15) is 4.79 Å². The maximum absolute atomic E-state index is 12.0. The van der Waals surface area contributed by atoms with Gasteiger partial charge in [-0.25, -0.2) is 4.68 Å². The van der Waals surface area contributed by atoms with E-state index in [0.29, 0.717) is 6.42 Å². The first-order valence-electron chi connectivity index (χ1n) is 7.62. The van der Waals surface area contributed by atoms with Gasteiger partial charge in [0.25, 0.3) is 0 Å². The minimum absolute atomic E-state index is 0.0363. The molecule has 0 aliphatic heterocycles. The monoisotopic (exact) mass is 317 g/mol. The highest BCUT2D eigenvalue weighted by Gasteiger charge is 2.07. The highest BCUT2D eigenvalue weighted by atomic mass is 32.2. The van der Waals surface area contributed by atoms with Crippen LogP contribution >= 0.6 is 11.8 Å². The maximum Gasteiger partial charge on any atom is 0.226 e. The molecule has 0 spiro atoms. The van der Waals surface area contributed by atoms with Gasteiger partial charge in [-0.1, -0.05) is 13.0 Å². The molecule has 0 bridgehead atoms. The Kier molecular flexibility index (Phi) is 6.07. The lowest BCUT2D eigenvalue weighted by atomic mass is 10.1. The van der Waals surface area contributed by atoms with Crippen molar-refractivity contribution in [3.63, 3.8) is 0 Å². The van der Waals surface area contributed by atoms with Gasteiger partial charge >= 0.3 is 0 Å². The van der Waals surface area contributed by atoms with Crippen molar-refractivity contribution in [1.82, 2.24) is 9.78 Å². The summed E-state index contributed by atoms with van der Waals surface area (Å²) in [5.74, 6) is 1.59. The molecule has 1 amide bonds. The fourth-order valence-electron chi connectivity index (χ4n) is 2.10. The van der Waals surface area contributed by atoms with Crippen LogP contribution in [0.5, 0.6) is 0 Å². The number of hydrogen-bond donors (Lipinski definition) is 1. The summed E-state index contributed by atoms with van der Waals surface area (Å²) in [6.07, 6.45) is 3.21. The van der Waals surface area contributed by atoms with E-state index < -0.39 is 0 Å². The number of hydrogen-bond acceptors (Lipinski definition) is 3. The van der Waals surface area contributed by atoms with Crippen molar-refractivity contribution in [2.45, 2.75) is 45.1 Å². The number of nitrogens with one attached hydrogen (secondary N) is 1. The second-order valence-corrected chi connectivity index (χ2v) is 6.50. The fourth-order valence-corrected chi connectivity index (χ4v) is 3.05. The number of amides is 1. The van der Waals surface area contributed by atoms with Gasteiger partial charge in [-0.05, 0) is 43.5 Å². The Bertz CT molecular complexity index is 637. The third kappa shape index (κ3) is 4.63. The number of rotatable bonds is 7. The van der Waals surface area contributed by atoms with Gasteiger partial charge in [-0.15, -0.1) is 11.8 Å². The quantitative estimate of drug-likeness (QED) is 0.784. The Hall–Kier alpha value is -1.75. The SMILES string of the molecule is CCCn1nccc1NC(=O)CCSc1ccc(C)c(C)c1. The van der Waals surface area contributed by atoms with Crippen molar-refractivity contribution in [1.29, 1.82) is 0 Å². The lowest BCUT2D eigenvalue weighted by Crippen LogP contribution is -2.16. The van der Waals surface area contributed by atoms with Gasteiger partial charge in [0.2, 0.25) is 5.91 Å². The molecule has 2 aromatic rings. The summed E-state index contributed by atoms with van der Waals surface area (Å²) < 4.78 is 1.83. The van der Waals surface area contributed by atoms with Gasteiger partial charge in [-0.2, -0.15) is 5.10 Å². The number of anilines is 1. The largest absolute Gasteiger partial charge is 0.311 e. The normalized spacial score (nSPS) is 10.7. The van der Waals surface area contributed by atoms with Gasteiger partial charge in [0.05, 0.1) is 6.20 Å². The van der Waals surface area contributed by atoms with Crippen LogP contribution in [0.3, 0.4) is 0 Å². The van der Waals surface area contributed by atoms with Crippen LogP contribution in [0, 0.1) is 13.8 Å². The summed E-state index contributed by atoms with van der Waals surface area (Å²) in [6.45, 7) is 7.13. The van der Waals surface area contributed by atoms with Gasteiger partial charge in [0.15, 0.2) is 0 Å². The van der Waals surface area contributed by atoms with Crippen molar-refractivity contribution in [2.24, 2.45) is 0 Å². The molecule has 0 atom stereocenters. The summed E-state index contributed by atoms with van der Waals surface area (Å²) in [4.78, 5) is 13.2. The second-order valence-electron chi connectivity index (χ2n) is 5.33. The van der Waals surface area contributed by atoms with E-state index in [2.05, 4.69) is 49.4 Å². The molecule has 0 aliphatic rings. The second kappa shape index (κ2) is 8.03. The number of nitrogens with zero attached hydrogens (tertiary/aromatic N) is 2. The Morgan fingerprint density at radius 3 is 2.82 bits per heavy atom. The van der Waals surface area contributed by atoms with E-state index in [1.165, 1.54) is 16.0 Å². The van der Waals surface area contributed by atoms with Crippen LogP contribution < -0.4 is 5.32 Å². The summed E-state index contributed by atoms with van der Waals surface area (Å²) >= 11 is 1.72. The molecule has 0 saturated carbocycles. The average Bonchev–Trinajstić information content (AvgIpc) is 2.90. The van der Waals surface area contributed by atoms with Crippen LogP contribution in [0.2, 0.25) is 0 Å². The van der Waals surface area contributed by atoms with Gasteiger partial charge < -0.3 is 5.32 Å². The summed E-state index contributed by atoms with van der Waals surface area (Å²) in [7, 11) is 0. The summed E-state index contributed by atoms with van der Waals surface area (Å²) in [5.41, 5.74) is 2.59. The third-order valence-corrected chi connectivity index (χ3v) is 4.49. The molecule has 1 aromatic heterocycles. The lowest BCUT2D eigenvalue weighted by Gasteiger charge is -2.08. The van der Waals surface area contributed by atoms with Crippen molar-refractivity contribution < 1.29 is 4.79 Å². The maximum atomic E-state index is 12.0. The Morgan fingerprint density at radius 2 is 2.09 bits per heavy atom. The van der Waals surface area contributed by atoms with Gasteiger partial charge in [0.1, 0.15) is 5.82 Å². The number of aryl methyl sites for hydroxylation is 3. The first kappa shape index (κ1) is 16.6. The average molecular weight is 317 g/mol. The molecule has 22 heavy (non-hydrogen) atoms. The predicted molar refractivity (Wildman–Crippen MR) is 92.4 cm³/mol. The molecule has 4 nitrogen and oxygen atoms in total. The van der Waals surface area contributed by atoms with Crippen molar-refractivity contribution in [3.05, 3.63) is 41.6 Å². The van der Waals surface area contributed by atoms with E-state index in [-0.39, 0.29) is 5.91 Å². The zero-order valence-corrected chi connectivity index (χ0v) is 14.2.